The number of esters is 1. The van der Waals surface area contributed by atoms with Gasteiger partial charge < -0.3 is 10.1 Å². The molecule has 0 aromatic heterocycles. The summed E-state index contributed by atoms with van der Waals surface area (Å²) in [7, 11) is 0. The second kappa shape index (κ2) is 9.03. The van der Waals surface area contributed by atoms with Crippen LogP contribution >= 0.6 is 0 Å². The van der Waals surface area contributed by atoms with Crippen molar-refractivity contribution in [1.29, 1.82) is 0 Å². The summed E-state index contributed by atoms with van der Waals surface area (Å²) in [5.74, 6) is -0.754. The third kappa shape index (κ3) is 7.07. The second-order valence-corrected chi connectivity index (χ2v) is 5.73. The van der Waals surface area contributed by atoms with Crippen molar-refractivity contribution < 1.29 is 14.3 Å². The first-order valence-corrected chi connectivity index (χ1v) is 7.58. The minimum absolute atomic E-state index is 0.0253. The van der Waals surface area contributed by atoms with Crippen LogP contribution in [0, 0.1) is 0 Å². The van der Waals surface area contributed by atoms with Crippen LogP contribution in [-0.4, -0.2) is 24.0 Å². The fourth-order valence-corrected chi connectivity index (χ4v) is 1.96. The van der Waals surface area contributed by atoms with Crippen LogP contribution in [0.4, 0.5) is 0 Å². The van der Waals surface area contributed by atoms with E-state index in [4.69, 9.17) is 4.74 Å². The van der Waals surface area contributed by atoms with E-state index in [-0.39, 0.29) is 11.9 Å². The highest BCUT2D eigenvalue weighted by Gasteiger charge is 2.18. The largest absolute Gasteiger partial charge is 0.449 e. The van der Waals surface area contributed by atoms with E-state index in [1.54, 1.807) is 20.8 Å². The molecule has 0 aliphatic heterocycles. The van der Waals surface area contributed by atoms with E-state index in [1.165, 1.54) is 11.6 Å². The smallest absolute Gasteiger partial charge is 0.331 e. The number of aryl methyl sites for hydroxylation is 1. The third-order valence-electron chi connectivity index (χ3n) is 3.17. The summed E-state index contributed by atoms with van der Waals surface area (Å²) in [5, 5.41) is 2.87. The average Bonchev–Trinajstić information content (AvgIpc) is 2.45. The second-order valence-electron chi connectivity index (χ2n) is 5.73. The number of rotatable bonds is 7. The fourth-order valence-electron chi connectivity index (χ4n) is 1.96. The number of carbonyl (C=O) groups excluding carboxylic acids is 2. The van der Waals surface area contributed by atoms with Gasteiger partial charge in [0.1, 0.15) is 0 Å². The Morgan fingerprint density at radius 3 is 2.41 bits per heavy atom. The molecule has 22 heavy (non-hydrogen) atoms. The van der Waals surface area contributed by atoms with Gasteiger partial charge in [-0.2, -0.15) is 0 Å². The molecule has 4 nitrogen and oxygen atoms in total. The SMILES string of the molecule is CC(C)=CC(=O)O[C@@H](C)C(=O)N[C@H](C)CCc1ccccc1. The summed E-state index contributed by atoms with van der Waals surface area (Å²) in [5.41, 5.74) is 2.08. The van der Waals surface area contributed by atoms with Gasteiger partial charge in [0.15, 0.2) is 6.10 Å². The molecule has 0 spiro atoms. The molecule has 0 aliphatic rings. The van der Waals surface area contributed by atoms with Crippen molar-refractivity contribution >= 4 is 11.9 Å². The monoisotopic (exact) mass is 303 g/mol. The van der Waals surface area contributed by atoms with Gasteiger partial charge in [0, 0.05) is 12.1 Å². The Balaban J connectivity index is 2.36. The lowest BCUT2D eigenvalue weighted by molar-refractivity contribution is -0.150. The van der Waals surface area contributed by atoms with Crippen LogP contribution in [0.3, 0.4) is 0 Å². The molecule has 1 aromatic rings. The number of hydrogen-bond acceptors (Lipinski definition) is 3. The summed E-state index contributed by atoms with van der Waals surface area (Å²) in [6, 6.07) is 10.2. The van der Waals surface area contributed by atoms with Gasteiger partial charge in [-0.15, -0.1) is 0 Å². The Kier molecular flexibility index (Phi) is 7.37. The van der Waals surface area contributed by atoms with Gasteiger partial charge in [0.25, 0.3) is 5.91 Å². The van der Waals surface area contributed by atoms with E-state index in [2.05, 4.69) is 17.4 Å². The van der Waals surface area contributed by atoms with E-state index in [0.29, 0.717) is 0 Å². The van der Waals surface area contributed by atoms with Crippen LogP contribution in [0.1, 0.15) is 39.7 Å². The van der Waals surface area contributed by atoms with Crippen molar-refractivity contribution in [3.05, 3.63) is 47.5 Å². The third-order valence-corrected chi connectivity index (χ3v) is 3.17. The molecule has 0 fully saturated rings. The molecule has 0 saturated heterocycles. The number of amides is 1. The van der Waals surface area contributed by atoms with Crippen LogP contribution in [-0.2, 0) is 20.7 Å². The molecule has 1 amide bonds. The summed E-state index contributed by atoms with van der Waals surface area (Å²) in [6.07, 6.45) is 2.32. The van der Waals surface area contributed by atoms with Crippen molar-refractivity contribution in [3.63, 3.8) is 0 Å². The van der Waals surface area contributed by atoms with Crippen molar-refractivity contribution in [3.8, 4) is 0 Å². The van der Waals surface area contributed by atoms with Gasteiger partial charge in [-0.25, -0.2) is 4.79 Å². The molecule has 0 bridgehead atoms. The van der Waals surface area contributed by atoms with Gasteiger partial charge in [-0.3, -0.25) is 4.79 Å². The molecule has 1 aromatic carbocycles. The van der Waals surface area contributed by atoms with Crippen LogP contribution in [0.2, 0.25) is 0 Å². The van der Waals surface area contributed by atoms with Crippen LogP contribution in [0.15, 0.2) is 42.0 Å². The maximum absolute atomic E-state index is 12.0. The number of allylic oxidation sites excluding steroid dienone is 1. The molecule has 0 heterocycles. The Morgan fingerprint density at radius 2 is 1.82 bits per heavy atom. The minimum Gasteiger partial charge on any atom is -0.449 e. The van der Waals surface area contributed by atoms with Crippen molar-refractivity contribution in [2.24, 2.45) is 0 Å². The number of ether oxygens (including phenoxy) is 1. The zero-order chi connectivity index (χ0) is 16.5. The van der Waals surface area contributed by atoms with Gasteiger partial charge in [-0.05, 0) is 46.1 Å². The Bertz CT molecular complexity index is 518. The van der Waals surface area contributed by atoms with Crippen molar-refractivity contribution in [1.82, 2.24) is 5.32 Å². The van der Waals surface area contributed by atoms with E-state index in [9.17, 15) is 9.59 Å². The quantitative estimate of drug-likeness (QED) is 0.622. The molecule has 2 atom stereocenters. The fraction of sp³-hybridized carbons (Fsp3) is 0.444. The molecule has 0 saturated carbocycles. The highest BCUT2D eigenvalue weighted by atomic mass is 16.5. The Morgan fingerprint density at radius 1 is 1.18 bits per heavy atom. The van der Waals surface area contributed by atoms with Gasteiger partial charge >= 0.3 is 5.97 Å². The molecule has 0 radical (unpaired) electrons. The minimum atomic E-state index is -0.790. The molecule has 0 unspecified atom stereocenters. The first kappa shape index (κ1) is 18.0. The predicted octanol–water partition coefficient (Wildman–Crippen LogP) is 3.02. The van der Waals surface area contributed by atoms with E-state index in [1.807, 2.05) is 25.1 Å². The maximum atomic E-state index is 12.0. The average molecular weight is 303 g/mol. The van der Waals surface area contributed by atoms with Gasteiger partial charge in [0.05, 0.1) is 0 Å². The number of benzene rings is 1. The Labute approximate surface area is 132 Å². The molecule has 1 N–H and O–H groups in total. The van der Waals surface area contributed by atoms with E-state index >= 15 is 0 Å². The predicted molar refractivity (Wildman–Crippen MR) is 87.4 cm³/mol. The summed E-state index contributed by atoms with van der Waals surface area (Å²) in [6.45, 7) is 7.14. The standard InChI is InChI=1S/C18H25NO3/c1-13(2)12-17(20)22-15(4)18(21)19-14(3)10-11-16-8-6-5-7-9-16/h5-9,12,14-15H,10-11H2,1-4H3,(H,19,21)/t14-,15+/m1/s1. The maximum Gasteiger partial charge on any atom is 0.331 e. The van der Waals surface area contributed by atoms with Gasteiger partial charge in [-0.1, -0.05) is 35.9 Å². The lowest BCUT2D eigenvalue weighted by Gasteiger charge is -2.17. The normalized spacial score (nSPS) is 12.9. The first-order chi connectivity index (χ1) is 10.4. The number of carbonyl (C=O) groups is 2. The molecular weight excluding hydrogens is 278 g/mol. The van der Waals surface area contributed by atoms with Crippen molar-refractivity contribution in [2.75, 3.05) is 0 Å². The van der Waals surface area contributed by atoms with Crippen LogP contribution < -0.4 is 5.32 Å². The highest BCUT2D eigenvalue weighted by molar-refractivity contribution is 5.87. The lowest BCUT2D eigenvalue weighted by Crippen LogP contribution is -2.40. The van der Waals surface area contributed by atoms with Crippen molar-refractivity contribution in [2.45, 2.75) is 52.7 Å². The summed E-state index contributed by atoms with van der Waals surface area (Å²) in [4.78, 5) is 23.5. The van der Waals surface area contributed by atoms with E-state index < -0.39 is 12.1 Å². The first-order valence-electron chi connectivity index (χ1n) is 7.58. The zero-order valence-electron chi connectivity index (χ0n) is 13.8. The number of nitrogens with one attached hydrogen (secondary N) is 1. The molecule has 1 rings (SSSR count). The van der Waals surface area contributed by atoms with Crippen LogP contribution in [0.5, 0.6) is 0 Å². The van der Waals surface area contributed by atoms with Crippen LogP contribution in [0.25, 0.3) is 0 Å². The number of hydrogen-bond donors (Lipinski definition) is 1. The highest BCUT2D eigenvalue weighted by Crippen LogP contribution is 2.05. The summed E-state index contributed by atoms with van der Waals surface area (Å²) >= 11 is 0. The summed E-state index contributed by atoms with van der Waals surface area (Å²) < 4.78 is 5.06. The van der Waals surface area contributed by atoms with Gasteiger partial charge in [0.2, 0.25) is 0 Å². The Hall–Kier alpha value is -2.10. The molecule has 120 valence electrons. The molecule has 4 heteroatoms. The zero-order valence-corrected chi connectivity index (χ0v) is 13.8. The topological polar surface area (TPSA) is 55.4 Å². The van der Waals surface area contributed by atoms with E-state index in [0.717, 1.165) is 18.4 Å². The lowest BCUT2D eigenvalue weighted by atomic mass is 10.1. The molecule has 0 aliphatic carbocycles. The molecular formula is C18H25NO3.